The fraction of sp³-hybridized carbons (Fsp3) is 0.250. The van der Waals surface area contributed by atoms with E-state index in [0.717, 1.165) is 15.4 Å². The highest BCUT2D eigenvalue weighted by molar-refractivity contribution is 7.99. The van der Waals surface area contributed by atoms with Gasteiger partial charge in [0.1, 0.15) is 0 Å². The van der Waals surface area contributed by atoms with E-state index in [1.807, 2.05) is 43.7 Å². The van der Waals surface area contributed by atoms with Crippen LogP contribution in [0.2, 0.25) is 0 Å². The fourth-order valence-electron chi connectivity index (χ4n) is 1.50. The molecule has 0 aliphatic rings. The lowest BCUT2D eigenvalue weighted by Crippen LogP contribution is -1.92. The van der Waals surface area contributed by atoms with E-state index in [9.17, 15) is 5.11 Å². The SMILES string of the molecule is CC(O)c1ccccc1Sc1cnn(C)c1. The van der Waals surface area contributed by atoms with Crippen molar-refractivity contribution in [2.75, 3.05) is 0 Å². The third-order valence-electron chi connectivity index (χ3n) is 2.28. The van der Waals surface area contributed by atoms with Crippen molar-refractivity contribution in [2.45, 2.75) is 22.8 Å². The van der Waals surface area contributed by atoms with Gasteiger partial charge < -0.3 is 5.11 Å². The molecule has 0 saturated heterocycles. The molecule has 1 unspecified atom stereocenters. The Labute approximate surface area is 99.1 Å². The smallest absolute Gasteiger partial charge is 0.0772 e. The molecule has 0 fully saturated rings. The lowest BCUT2D eigenvalue weighted by molar-refractivity contribution is 0.196. The molecule has 2 aromatic rings. The molecule has 4 heteroatoms. The van der Waals surface area contributed by atoms with E-state index in [2.05, 4.69) is 5.10 Å². The van der Waals surface area contributed by atoms with E-state index >= 15 is 0 Å². The topological polar surface area (TPSA) is 38.1 Å². The number of aliphatic hydroxyl groups is 1. The van der Waals surface area contributed by atoms with Gasteiger partial charge in [0, 0.05) is 18.1 Å². The zero-order chi connectivity index (χ0) is 11.5. The average Bonchev–Trinajstić information content (AvgIpc) is 2.64. The third-order valence-corrected chi connectivity index (χ3v) is 3.32. The van der Waals surface area contributed by atoms with Crippen molar-refractivity contribution in [3.05, 3.63) is 42.2 Å². The summed E-state index contributed by atoms with van der Waals surface area (Å²) in [6.07, 6.45) is 3.34. The van der Waals surface area contributed by atoms with Crippen LogP contribution in [0, 0.1) is 0 Å². The van der Waals surface area contributed by atoms with Crippen molar-refractivity contribution in [3.63, 3.8) is 0 Å². The molecule has 2 rings (SSSR count). The van der Waals surface area contributed by atoms with Crippen molar-refractivity contribution < 1.29 is 5.11 Å². The number of aliphatic hydroxyl groups excluding tert-OH is 1. The normalized spacial score (nSPS) is 12.7. The van der Waals surface area contributed by atoms with Crippen LogP contribution in [-0.2, 0) is 7.05 Å². The number of benzene rings is 1. The Morgan fingerprint density at radius 3 is 2.75 bits per heavy atom. The predicted molar refractivity (Wildman–Crippen MR) is 64.4 cm³/mol. The second-order valence-corrected chi connectivity index (χ2v) is 4.78. The van der Waals surface area contributed by atoms with Gasteiger partial charge in [0.05, 0.1) is 17.2 Å². The fourth-order valence-corrected chi connectivity index (χ4v) is 2.56. The van der Waals surface area contributed by atoms with Crippen LogP contribution in [0.4, 0.5) is 0 Å². The minimum atomic E-state index is -0.444. The van der Waals surface area contributed by atoms with Gasteiger partial charge in [-0.05, 0) is 18.6 Å². The van der Waals surface area contributed by atoms with Crippen molar-refractivity contribution in [2.24, 2.45) is 7.05 Å². The molecule has 1 N–H and O–H groups in total. The van der Waals surface area contributed by atoms with Crippen LogP contribution in [-0.4, -0.2) is 14.9 Å². The van der Waals surface area contributed by atoms with E-state index < -0.39 is 6.10 Å². The maximum atomic E-state index is 9.65. The number of nitrogens with zero attached hydrogens (tertiary/aromatic N) is 2. The summed E-state index contributed by atoms with van der Waals surface area (Å²) in [5, 5.41) is 13.8. The lowest BCUT2D eigenvalue weighted by Gasteiger charge is -2.09. The zero-order valence-corrected chi connectivity index (χ0v) is 10.1. The van der Waals surface area contributed by atoms with Crippen LogP contribution in [0.3, 0.4) is 0 Å². The molecule has 1 aromatic carbocycles. The molecule has 3 nitrogen and oxygen atoms in total. The number of aryl methyl sites for hydroxylation is 1. The molecule has 16 heavy (non-hydrogen) atoms. The van der Waals surface area contributed by atoms with Crippen LogP contribution >= 0.6 is 11.8 Å². The van der Waals surface area contributed by atoms with Gasteiger partial charge in [0.2, 0.25) is 0 Å². The Balaban J connectivity index is 2.27. The number of hydrogen-bond acceptors (Lipinski definition) is 3. The van der Waals surface area contributed by atoms with E-state index in [1.54, 1.807) is 23.4 Å². The van der Waals surface area contributed by atoms with Crippen molar-refractivity contribution >= 4 is 11.8 Å². The summed E-state index contributed by atoms with van der Waals surface area (Å²) in [5.41, 5.74) is 0.955. The molecule has 0 bridgehead atoms. The first-order valence-corrected chi connectivity index (χ1v) is 5.92. The number of rotatable bonds is 3. The molecule has 0 spiro atoms. The highest BCUT2D eigenvalue weighted by Gasteiger charge is 2.08. The van der Waals surface area contributed by atoms with Gasteiger partial charge in [-0.3, -0.25) is 4.68 Å². The average molecular weight is 234 g/mol. The summed E-state index contributed by atoms with van der Waals surface area (Å²) in [5.74, 6) is 0. The molecule has 0 aliphatic carbocycles. The third kappa shape index (κ3) is 2.46. The summed E-state index contributed by atoms with van der Waals surface area (Å²) in [7, 11) is 1.89. The number of aromatic nitrogens is 2. The van der Waals surface area contributed by atoms with Gasteiger partial charge in [-0.1, -0.05) is 30.0 Å². The van der Waals surface area contributed by atoms with Crippen LogP contribution in [0.5, 0.6) is 0 Å². The molecule has 1 atom stereocenters. The number of hydrogen-bond donors (Lipinski definition) is 1. The van der Waals surface area contributed by atoms with Gasteiger partial charge in [-0.25, -0.2) is 0 Å². The maximum absolute atomic E-state index is 9.65. The molecular weight excluding hydrogens is 220 g/mol. The van der Waals surface area contributed by atoms with Gasteiger partial charge >= 0.3 is 0 Å². The van der Waals surface area contributed by atoms with Gasteiger partial charge in [0.15, 0.2) is 0 Å². The first-order chi connectivity index (χ1) is 7.66. The molecule has 1 aromatic heterocycles. The minimum absolute atomic E-state index is 0.444. The van der Waals surface area contributed by atoms with Crippen LogP contribution in [0.15, 0.2) is 46.5 Å². The van der Waals surface area contributed by atoms with Crippen LogP contribution in [0.25, 0.3) is 0 Å². The van der Waals surface area contributed by atoms with Crippen molar-refractivity contribution in [1.82, 2.24) is 9.78 Å². The van der Waals surface area contributed by atoms with E-state index in [4.69, 9.17) is 0 Å². The lowest BCUT2D eigenvalue weighted by atomic mass is 10.1. The van der Waals surface area contributed by atoms with Gasteiger partial charge in [-0.15, -0.1) is 0 Å². The maximum Gasteiger partial charge on any atom is 0.0772 e. The van der Waals surface area contributed by atoms with Gasteiger partial charge in [0.25, 0.3) is 0 Å². The molecule has 0 radical (unpaired) electrons. The summed E-state index contributed by atoms with van der Waals surface area (Å²) in [4.78, 5) is 2.15. The largest absolute Gasteiger partial charge is 0.389 e. The Kier molecular flexibility index (Phi) is 3.31. The molecule has 84 valence electrons. The second-order valence-electron chi connectivity index (χ2n) is 3.67. The summed E-state index contributed by atoms with van der Waals surface area (Å²) < 4.78 is 1.77. The molecular formula is C12H14N2OS. The van der Waals surface area contributed by atoms with E-state index in [0.29, 0.717) is 0 Å². The Morgan fingerprint density at radius 1 is 1.38 bits per heavy atom. The molecule has 0 amide bonds. The standard InChI is InChI=1S/C12H14N2OS/c1-9(15)11-5-3-4-6-12(11)16-10-7-13-14(2)8-10/h3-9,15H,1-2H3. The van der Waals surface area contributed by atoms with Crippen LogP contribution in [0.1, 0.15) is 18.6 Å². The second kappa shape index (κ2) is 4.72. The highest BCUT2D eigenvalue weighted by atomic mass is 32.2. The summed E-state index contributed by atoms with van der Waals surface area (Å²) in [6.45, 7) is 1.78. The monoisotopic (exact) mass is 234 g/mol. The van der Waals surface area contributed by atoms with Crippen molar-refractivity contribution in [3.8, 4) is 0 Å². The van der Waals surface area contributed by atoms with Crippen molar-refractivity contribution in [1.29, 1.82) is 0 Å². The summed E-state index contributed by atoms with van der Waals surface area (Å²) >= 11 is 1.62. The van der Waals surface area contributed by atoms with Gasteiger partial charge in [-0.2, -0.15) is 5.10 Å². The summed E-state index contributed by atoms with van der Waals surface area (Å²) in [6, 6.07) is 7.88. The van der Waals surface area contributed by atoms with E-state index in [1.165, 1.54) is 0 Å². The van der Waals surface area contributed by atoms with Crippen LogP contribution < -0.4 is 0 Å². The minimum Gasteiger partial charge on any atom is -0.389 e. The van der Waals surface area contributed by atoms with E-state index in [-0.39, 0.29) is 0 Å². The Morgan fingerprint density at radius 2 is 2.12 bits per heavy atom. The highest BCUT2D eigenvalue weighted by Crippen LogP contribution is 2.32. The molecule has 0 aliphatic heterocycles. The first kappa shape index (κ1) is 11.2. The predicted octanol–water partition coefficient (Wildman–Crippen LogP) is 2.62. The molecule has 0 saturated carbocycles. The molecule has 1 heterocycles. The Bertz CT molecular complexity index is 479. The quantitative estimate of drug-likeness (QED) is 0.887. The Hall–Kier alpha value is -1.26. The zero-order valence-electron chi connectivity index (χ0n) is 9.29. The first-order valence-electron chi connectivity index (χ1n) is 5.10.